The zero-order chi connectivity index (χ0) is 21.6. The Morgan fingerprint density at radius 3 is 2.45 bits per heavy atom. The third kappa shape index (κ3) is 4.96. The summed E-state index contributed by atoms with van der Waals surface area (Å²) in [6.45, 7) is 1.38. The SMILES string of the molecule is CC(=O)OC(c1ccccc1)c1ccc(NC(=O)C2C=C(c3cccnc3)NO2)cc1. The van der Waals surface area contributed by atoms with E-state index in [0.717, 1.165) is 16.7 Å². The number of benzene rings is 2. The number of aromatic nitrogens is 1. The molecule has 2 N–H and O–H groups in total. The van der Waals surface area contributed by atoms with Gasteiger partial charge in [-0.25, -0.2) is 0 Å². The lowest BCUT2D eigenvalue weighted by atomic mass is 10.0. The molecule has 1 amide bonds. The summed E-state index contributed by atoms with van der Waals surface area (Å²) < 4.78 is 5.51. The Morgan fingerprint density at radius 1 is 1.03 bits per heavy atom. The van der Waals surface area contributed by atoms with Crippen LogP contribution < -0.4 is 10.8 Å². The molecule has 3 aromatic rings. The Labute approximate surface area is 179 Å². The molecule has 0 fully saturated rings. The summed E-state index contributed by atoms with van der Waals surface area (Å²) in [6.07, 6.45) is 3.78. The molecule has 2 aromatic carbocycles. The molecule has 1 aliphatic heterocycles. The Kier molecular flexibility index (Phi) is 6.05. The number of carbonyl (C=O) groups is 2. The summed E-state index contributed by atoms with van der Waals surface area (Å²) in [5.74, 6) is -0.674. The molecule has 0 bridgehead atoms. The molecule has 0 radical (unpaired) electrons. The fraction of sp³-hybridized carbons (Fsp3) is 0.125. The van der Waals surface area contributed by atoms with Gasteiger partial charge in [-0.1, -0.05) is 42.5 Å². The smallest absolute Gasteiger partial charge is 0.303 e. The second-order valence-corrected chi connectivity index (χ2v) is 6.97. The van der Waals surface area contributed by atoms with Crippen LogP contribution in [0.15, 0.2) is 85.2 Å². The zero-order valence-corrected chi connectivity index (χ0v) is 16.8. The van der Waals surface area contributed by atoms with Gasteiger partial charge in [-0.15, -0.1) is 0 Å². The average molecular weight is 415 g/mol. The van der Waals surface area contributed by atoms with Gasteiger partial charge in [-0.2, -0.15) is 0 Å². The van der Waals surface area contributed by atoms with E-state index in [1.807, 2.05) is 54.6 Å². The molecular formula is C24H21N3O4. The molecule has 0 spiro atoms. The molecular weight excluding hydrogens is 394 g/mol. The van der Waals surface area contributed by atoms with Gasteiger partial charge in [0.2, 0.25) is 0 Å². The van der Waals surface area contributed by atoms with E-state index < -0.39 is 12.2 Å². The summed E-state index contributed by atoms with van der Waals surface area (Å²) in [7, 11) is 0. The maximum atomic E-state index is 12.6. The van der Waals surface area contributed by atoms with E-state index in [1.54, 1.807) is 30.6 Å². The van der Waals surface area contributed by atoms with E-state index in [2.05, 4.69) is 15.8 Å². The highest BCUT2D eigenvalue weighted by atomic mass is 16.7. The van der Waals surface area contributed by atoms with Crippen molar-refractivity contribution in [2.75, 3.05) is 5.32 Å². The molecule has 31 heavy (non-hydrogen) atoms. The zero-order valence-electron chi connectivity index (χ0n) is 16.8. The van der Waals surface area contributed by atoms with E-state index in [9.17, 15) is 9.59 Å². The van der Waals surface area contributed by atoms with Crippen LogP contribution in [0, 0.1) is 0 Å². The minimum atomic E-state index is -0.770. The number of anilines is 1. The van der Waals surface area contributed by atoms with Crippen LogP contribution in [0.2, 0.25) is 0 Å². The number of hydrogen-bond acceptors (Lipinski definition) is 6. The van der Waals surface area contributed by atoms with Gasteiger partial charge in [0.15, 0.2) is 12.2 Å². The average Bonchev–Trinajstić information content (AvgIpc) is 3.30. The van der Waals surface area contributed by atoms with Crippen LogP contribution in [0.25, 0.3) is 5.70 Å². The highest BCUT2D eigenvalue weighted by Crippen LogP contribution is 2.27. The number of ether oxygens (including phenoxy) is 1. The Balaban J connectivity index is 1.45. The Hall–Kier alpha value is -3.97. The largest absolute Gasteiger partial charge is 0.453 e. The first-order valence-corrected chi connectivity index (χ1v) is 9.77. The van der Waals surface area contributed by atoms with Crippen molar-refractivity contribution in [3.8, 4) is 0 Å². The van der Waals surface area contributed by atoms with Gasteiger partial charge in [0.1, 0.15) is 0 Å². The molecule has 2 atom stereocenters. The second kappa shape index (κ2) is 9.23. The third-order valence-electron chi connectivity index (χ3n) is 4.71. The van der Waals surface area contributed by atoms with Crippen molar-refractivity contribution in [1.29, 1.82) is 0 Å². The first kappa shape index (κ1) is 20.3. The highest BCUT2D eigenvalue weighted by molar-refractivity contribution is 5.97. The predicted octanol–water partition coefficient (Wildman–Crippen LogP) is 3.62. The van der Waals surface area contributed by atoms with Crippen molar-refractivity contribution in [1.82, 2.24) is 10.5 Å². The molecule has 0 saturated heterocycles. The summed E-state index contributed by atoms with van der Waals surface area (Å²) in [4.78, 5) is 33.6. The minimum Gasteiger partial charge on any atom is -0.453 e. The van der Waals surface area contributed by atoms with Gasteiger partial charge < -0.3 is 10.1 Å². The van der Waals surface area contributed by atoms with Gasteiger partial charge in [0.25, 0.3) is 5.91 Å². The predicted molar refractivity (Wildman–Crippen MR) is 115 cm³/mol. The normalized spacial score (nSPS) is 16.0. The summed E-state index contributed by atoms with van der Waals surface area (Å²) >= 11 is 0. The number of amides is 1. The van der Waals surface area contributed by atoms with Gasteiger partial charge in [-0.3, -0.25) is 24.9 Å². The van der Waals surface area contributed by atoms with Crippen molar-refractivity contribution >= 4 is 23.3 Å². The van der Waals surface area contributed by atoms with Crippen molar-refractivity contribution in [2.45, 2.75) is 19.1 Å². The fourth-order valence-corrected chi connectivity index (χ4v) is 3.23. The maximum Gasteiger partial charge on any atom is 0.303 e. The van der Waals surface area contributed by atoms with Gasteiger partial charge in [-0.05, 0) is 41.5 Å². The molecule has 2 unspecified atom stereocenters. The number of hydrogen-bond donors (Lipinski definition) is 2. The topological polar surface area (TPSA) is 89.5 Å². The van der Waals surface area contributed by atoms with E-state index >= 15 is 0 Å². The number of rotatable bonds is 6. The van der Waals surface area contributed by atoms with E-state index in [1.165, 1.54) is 6.92 Å². The lowest BCUT2D eigenvalue weighted by molar-refractivity contribution is -0.144. The van der Waals surface area contributed by atoms with Gasteiger partial charge in [0.05, 0.1) is 5.70 Å². The molecule has 4 rings (SSSR count). The molecule has 1 aromatic heterocycles. The second-order valence-electron chi connectivity index (χ2n) is 6.97. The number of esters is 1. The van der Waals surface area contributed by atoms with Crippen LogP contribution in [0.3, 0.4) is 0 Å². The van der Waals surface area contributed by atoms with Crippen LogP contribution in [-0.2, 0) is 19.2 Å². The van der Waals surface area contributed by atoms with Crippen molar-refractivity contribution in [2.24, 2.45) is 0 Å². The van der Waals surface area contributed by atoms with Crippen LogP contribution in [-0.4, -0.2) is 23.0 Å². The first-order chi connectivity index (χ1) is 15.1. The number of nitrogens with one attached hydrogen (secondary N) is 2. The maximum absolute atomic E-state index is 12.6. The molecule has 2 heterocycles. The Bertz CT molecular complexity index is 1080. The van der Waals surface area contributed by atoms with Gasteiger partial charge in [0, 0.05) is 30.6 Å². The van der Waals surface area contributed by atoms with Crippen molar-refractivity contribution in [3.05, 3.63) is 102 Å². The molecule has 0 saturated carbocycles. The Morgan fingerprint density at radius 2 is 1.77 bits per heavy atom. The highest BCUT2D eigenvalue weighted by Gasteiger charge is 2.25. The van der Waals surface area contributed by atoms with Crippen molar-refractivity contribution in [3.63, 3.8) is 0 Å². The standard InChI is InChI=1S/C24H21N3O4/c1-16(28)30-23(17-6-3-2-4-7-17)18-9-11-20(12-10-18)26-24(29)22-14-21(27-31-22)19-8-5-13-25-15-19/h2-15,22-23,27H,1H3,(H,26,29). The summed E-state index contributed by atoms with van der Waals surface area (Å²) in [5.41, 5.74) is 6.56. The lowest BCUT2D eigenvalue weighted by Crippen LogP contribution is -2.28. The van der Waals surface area contributed by atoms with E-state index in [0.29, 0.717) is 11.4 Å². The van der Waals surface area contributed by atoms with Crippen LogP contribution in [0.4, 0.5) is 5.69 Å². The minimum absolute atomic E-state index is 0.307. The van der Waals surface area contributed by atoms with Gasteiger partial charge >= 0.3 is 5.97 Å². The molecule has 1 aliphatic rings. The summed E-state index contributed by atoms with van der Waals surface area (Å²) in [6, 6.07) is 20.3. The number of carbonyl (C=O) groups excluding carboxylic acids is 2. The number of hydroxylamine groups is 1. The van der Waals surface area contributed by atoms with Crippen LogP contribution in [0.5, 0.6) is 0 Å². The van der Waals surface area contributed by atoms with Crippen molar-refractivity contribution < 1.29 is 19.2 Å². The summed E-state index contributed by atoms with van der Waals surface area (Å²) in [5, 5.41) is 2.83. The molecule has 0 aliphatic carbocycles. The molecule has 156 valence electrons. The van der Waals surface area contributed by atoms with E-state index in [-0.39, 0.29) is 11.9 Å². The lowest BCUT2D eigenvalue weighted by Gasteiger charge is -2.18. The van der Waals surface area contributed by atoms with E-state index in [4.69, 9.17) is 9.57 Å². The van der Waals surface area contributed by atoms with Crippen LogP contribution in [0.1, 0.15) is 29.7 Å². The first-order valence-electron chi connectivity index (χ1n) is 9.77. The molecule has 7 heteroatoms. The third-order valence-corrected chi connectivity index (χ3v) is 4.71. The fourth-order valence-electron chi connectivity index (χ4n) is 3.23. The number of pyridine rings is 1. The molecule has 7 nitrogen and oxygen atoms in total. The monoisotopic (exact) mass is 415 g/mol. The van der Waals surface area contributed by atoms with Crippen LogP contribution >= 0.6 is 0 Å². The number of nitrogens with zero attached hydrogens (tertiary/aromatic N) is 1. The quantitative estimate of drug-likeness (QED) is 0.598.